The van der Waals surface area contributed by atoms with Gasteiger partial charge in [0, 0.05) is 48.8 Å². The van der Waals surface area contributed by atoms with E-state index < -0.39 is 161 Å². The van der Waals surface area contributed by atoms with Gasteiger partial charge in [-0.3, -0.25) is 52.7 Å². The summed E-state index contributed by atoms with van der Waals surface area (Å²) in [5.41, 5.74) is 0. The highest BCUT2D eigenvalue weighted by atomic mass is 16.3. The molecule has 24 nitrogen and oxygen atoms in total. The van der Waals surface area contributed by atoms with Crippen molar-refractivity contribution in [1.29, 1.82) is 0 Å². The molecule has 86 heavy (non-hydrogen) atoms. The molecule has 2 aliphatic rings. The van der Waals surface area contributed by atoms with Crippen LogP contribution in [0, 0.1) is 35.5 Å². The zero-order chi connectivity index (χ0) is 66.3. The quantitative estimate of drug-likeness (QED) is 0.136. The number of nitrogens with zero attached hydrogens (tertiary/aromatic N) is 7. The molecule has 0 aromatic heterocycles. The Morgan fingerprint density at radius 3 is 1.42 bits per heavy atom. The largest absolute Gasteiger partial charge is 0.391 e. The van der Waals surface area contributed by atoms with Gasteiger partial charge in [-0.2, -0.15) is 0 Å². The fourth-order valence-corrected chi connectivity index (χ4v) is 11.5. The summed E-state index contributed by atoms with van der Waals surface area (Å²) in [6.45, 7) is 27.3. The first-order chi connectivity index (χ1) is 39.8. The van der Waals surface area contributed by atoms with Gasteiger partial charge in [0.1, 0.15) is 66.5 Å². The molecular formula is C62H109N11O13. The molecule has 6 N–H and O–H groups in total. The topological polar surface area (TPSA) is 299 Å². The number of nitrogens with one attached hydrogen (secondary N) is 4. The van der Waals surface area contributed by atoms with Crippen molar-refractivity contribution in [3.63, 3.8) is 0 Å². The van der Waals surface area contributed by atoms with E-state index in [1.165, 1.54) is 87.6 Å². The first kappa shape index (κ1) is 75.9. The third kappa shape index (κ3) is 19.4. The van der Waals surface area contributed by atoms with Crippen LogP contribution in [0.4, 0.5) is 0 Å². The monoisotopic (exact) mass is 1220 g/mol. The summed E-state index contributed by atoms with van der Waals surface area (Å²) >= 11 is 0. The average Bonchev–Trinajstić information content (AvgIpc) is 1.80. The van der Waals surface area contributed by atoms with Crippen LogP contribution in [-0.2, 0) is 52.7 Å². The Balaban J connectivity index is 3.00. The van der Waals surface area contributed by atoms with Crippen LogP contribution >= 0.6 is 0 Å². The summed E-state index contributed by atoms with van der Waals surface area (Å²) < 4.78 is 0. The van der Waals surface area contributed by atoms with Gasteiger partial charge in [-0.1, -0.05) is 95.2 Å². The van der Waals surface area contributed by atoms with Crippen LogP contribution in [-0.4, -0.2) is 237 Å². The van der Waals surface area contributed by atoms with Gasteiger partial charge in [-0.25, -0.2) is 0 Å². The number of hydrogen-bond donors (Lipinski definition) is 6. The molecule has 14 atom stereocenters. The number of fused-ring (bicyclic) bond motifs is 1. The molecule has 0 aromatic rings. The molecule has 0 bridgehead atoms. The van der Waals surface area contributed by atoms with E-state index in [0.717, 1.165) is 9.80 Å². The minimum absolute atomic E-state index is 0.00819. The van der Waals surface area contributed by atoms with E-state index in [1.807, 2.05) is 41.5 Å². The Labute approximate surface area is 512 Å². The summed E-state index contributed by atoms with van der Waals surface area (Å²) in [6.07, 6.45) is 1.79. The minimum Gasteiger partial charge on any atom is -0.391 e. The number of likely N-dealkylation sites (N-methyl/N-ethyl adjacent to an activating group) is 6. The maximum Gasteiger partial charge on any atom is 0.246 e. The molecule has 0 aromatic carbocycles. The number of allylic oxidation sites excluding steroid dienone is 2. The fourth-order valence-electron chi connectivity index (χ4n) is 11.5. The summed E-state index contributed by atoms with van der Waals surface area (Å²) in [7, 11) is 8.36. The third-order valence-electron chi connectivity index (χ3n) is 16.8. The van der Waals surface area contributed by atoms with E-state index in [9.17, 15) is 53.4 Å². The Morgan fingerprint density at radius 2 is 0.942 bits per heavy atom. The van der Waals surface area contributed by atoms with Gasteiger partial charge < -0.3 is 65.8 Å². The summed E-state index contributed by atoms with van der Waals surface area (Å²) in [4.78, 5) is 169. The van der Waals surface area contributed by atoms with Crippen LogP contribution in [0.3, 0.4) is 0 Å². The zero-order valence-electron chi connectivity index (χ0n) is 55.8. The smallest absolute Gasteiger partial charge is 0.246 e. The van der Waals surface area contributed by atoms with Crippen LogP contribution < -0.4 is 21.3 Å². The normalized spacial score (nSPS) is 28.5. The SMILES string of the molecule is C/C=C/C[C@@H](C)[C@@H](O)[C@H]1C(=O)N[C@@H](CC)C(=O)N2CCC[C@@H]2C(=O)N(C)C([C@@H](C)O)C(=O)N[C@@H](C(C)C)C(=O)N(C)[C@@H](CC(C)C)C(=O)N[C@@H](C)C(=O)N[C@H](C)C(=O)N(C)[C@@H](CC(C)C)C(=O)N(C)[C@@H](CC(C)C)C(=O)N(C)[C@@H](C(C)C)C(=O)N1C. The van der Waals surface area contributed by atoms with Crippen LogP contribution in [0.2, 0.25) is 0 Å². The first-order valence-corrected chi connectivity index (χ1v) is 30.9. The lowest BCUT2D eigenvalue weighted by Gasteiger charge is -2.41. The number of carbonyl (C=O) groups is 11. The van der Waals surface area contributed by atoms with E-state index >= 15 is 9.59 Å². The van der Waals surface area contributed by atoms with Gasteiger partial charge in [0.05, 0.1) is 12.2 Å². The maximum atomic E-state index is 15.2. The van der Waals surface area contributed by atoms with Crippen molar-refractivity contribution >= 4 is 65.0 Å². The molecule has 2 rings (SSSR count). The molecule has 24 heteroatoms. The predicted octanol–water partition coefficient (Wildman–Crippen LogP) is 2.14. The van der Waals surface area contributed by atoms with Gasteiger partial charge >= 0.3 is 0 Å². The van der Waals surface area contributed by atoms with E-state index in [4.69, 9.17) is 0 Å². The van der Waals surface area contributed by atoms with E-state index in [-0.39, 0.29) is 56.4 Å². The van der Waals surface area contributed by atoms with E-state index in [2.05, 4.69) is 21.3 Å². The highest BCUT2D eigenvalue weighted by Gasteiger charge is 2.47. The van der Waals surface area contributed by atoms with Gasteiger partial charge in [-0.05, 0) is 108 Å². The molecule has 0 spiro atoms. The molecule has 1 unspecified atom stereocenters. The van der Waals surface area contributed by atoms with Crippen molar-refractivity contribution in [2.75, 3.05) is 48.8 Å². The highest BCUT2D eigenvalue weighted by molar-refractivity contribution is 6.00. The Morgan fingerprint density at radius 1 is 0.488 bits per heavy atom. The fraction of sp³-hybridized carbons (Fsp3) is 0.790. The summed E-state index contributed by atoms with van der Waals surface area (Å²) in [6, 6.07) is -14.2. The first-order valence-electron chi connectivity index (χ1n) is 30.9. The standard InChI is InChI=1S/C62H109N11O13/c1-23-25-27-38(13)51(75)50-55(79)65-42(24-2)57(81)73-29-26-28-43(73)58(82)71(21)49(41(16)74)54(78)66-47(36(9)10)61(85)67(17)44(30-33(3)4)53(77)63-39(14)52(76)64-40(15)56(80)68(18)45(31-34(5)6)59(83)69(19)46(32-35(7)8)60(84)70(20)48(37(11)12)62(86)72(50)22/h23,25,33-51,74-75H,24,26-32H2,1-22H3,(H,63,77)(H,64,76)(H,65,79)(H,66,78)/b25-23+/t38-,39+,40-,41-,42+,43-,44+,45+,46+,47+,48+,49?,50+,51-/m1/s1. The molecule has 0 radical (unpaired) electrons. The van der Waals surface area contributed by atoms with Gasteiger partial charge in [0.25, 0.3) is 0 Å². The lowest BCUT2D eigenvalue weighted by molar-refractivity contribution is -0.157. The van der Waals surface area contributed by atoms with Crippen LogP contribution in [0.5, 0.6) is 0 Å². The molecule has 490 valence electrons. The summed E-state index contributed by atoms with van der Waals surface area (Å²) in [5.74, 6) is -10.2. The second kappa shape index (κ2) is 33.8. The average molecular weight is 1220 g/mol. The number of aliphatic hydroxyl groups is 2. The molecule has 0 aliphatic carbocycles. The lowest BCUT2D eigenvalue weighted by atomic mass is 9.91. The molecule has 2 saturated heterocycles. The highest BCUT2D eigenvalue weighted by Crippen LogP contribution is 2.27. The zero-order valence-corrected chi connectivity index (χ0v) is 55.8. The van der Waals surface area contributed by atoms with Crippen molar-refractivity contribution in [3.8, 4) is 0 Å². The maximum absolute atomic E-state index is 15.2. The number of carbonyl (C=O) groups excluding carboxylic acids is 11. The van der Waals surface area contributed by atoms with Gasteiger partial charge in [-0.15, -0.1) is 0 Å². The number of amides is 11. The Kier molecular flexibility index (Phi) is 29.9. The Hall–Kier alpha value is -6.17. The van der Waals surface area contributed by atoms with Crippen molar-refractivity contribution < 1.29 is 63.0 Å². The van der Waals surface area contributed by atoms with Crippen LogP contribution in [0.1, 0.15) is 156 Å². The van der Waals surface area contributed by atoms with E-state index in [0.29, 0.717) is 12.8 Å². The molecule has 2 heterocycles. The molecule has 2 aliphatic heterocycles. The summed E-state index contributed by atoms with van der Waals surface area (Å²) in [5, 5.41) is 34.2. The van der Waals surface area contributed by atoms with Crippen LogP contribution in [0.25, 0.3) is 0 Å². The van der Waals surface area contributed by atoms with Gasteiger partial charge in [0.2, 0.25) is 65.0 Å². The third-order valence-corrected chi connectivity index (χ3v) is 16.8. The van der Waals surface area contributed by atoms with E-state index in [1.54, 1.807) is 60.6 Å². The Bertz CT molecular complexity index is 2400. The van der Waals surface area contributed by atoms with Crippen molar-refractivity contribution in [2.45, 2.75) is 234 Å². The van der Waals surface area contributed by atoms with Crippen molar-refractivity contribution in [1.82, 2.24) is 55.6 Å². The number of hydrogen-bond acceptors (Lipinski definition) is 13. The van der Waals surface area contributed by atoms with Gasteiger partial charge in [0.15, 0.2) is 0 Å². The lowest BCUT2D eigenvalue weighted by Crippen LogP contribution is -2.64. The molecule has 0 saturated carbocycles. The van der Waals surface area contributed by atoms with Crippen molar-refractivity contribution in [3.05, 3.63) is 12.2 Å². The molecule has 2 fully saturated rings. The number of rotatable bonds is 14. The second-order valence-corrected chi connectivity index (χ2v) is 26.1. The van der Waals surface area contributed by atoms with Crippen molar-refractivity contribution in [2.24, 2.45) is 35.5 Å². The molecular weight excluding hydrogens is 1110 g/mol. The number of aliphatic hydroxyl groups excluding tert-OH is 2. The predicted molar refractivity (Wildman–Crippen MR) is 328 cm³/mol. The second-order valence-electron chi connectivity index (χ2n) is 26.1. The van der Waals surface area contributed by atoms with Crippen LogP contribution in [0.15, 0.2) is 12.2 Å². The molecule has 11 amide bonds. The minimum atomic E-state index is -1.63.